The second-order valence-corrected chi connectivity index (χ2v) is 6.52. The van der Waals surface area contributed by atoms with Crippen LogP contribution in [0.1, 0.15) is 26.7 Å². The van der Waals surface area contributed by atoms with Gasteiger partial charge in [-0.15, -0.1) is 0 Å². The maximum Gasteiger partial charge on any atom is 0.177 e. The van der Waals surface area contributed by atoms with E-state index in [0.29, 0.717) is 5.69 Å². The molecular formula is C13H21NO3S. The number of rotatable bonds is 6. The molecular weight excluding hydrogens is 250 g/mol. The SMILES string of the molecule is CCC(CC)(CO)Nc1ccccc1S(C)(=O)=O. The lowest BCUT2D eigenvalue weighted by atomic mass is 9.93. The highest BCUT2D eigenvalue weighted by Crippen LogP contribution is 2.27. The van der Waals surface area contributed by atoms with Gasteiger partial charge in [0.25, 0.3) is 0 Å². The van der Waals surface area contributed by atoms with E-state index >= 15 is 0 Å². The minimum absolute atomic E-state index is 0.0297. The van der Waals surface area contributed by atoms with Crippen LogP contribution in [0.5, 0.6) is 0 Å². The Kier molecular flexibility index (Phi) is 4.76. The van der Waals surface area contributed by atoms with Crippen LogP contribution in [0.3, 0.4) is 0 Å². The second-order valence-electron chi connectivity index (χ2n) is 4.54. The largest absolute Gasteiger partial charge is 0.394 e. The summed E-state index contributed by atoms with van der Waals surface area (Å²) in [5, 5.41) is 12.7. The number of hydrogen-bond acceptors (Lipinski definition) is 4. The highest BCUT2D eigenvalue weighted by Gasteiger charge is 2.26. The summed E-state index contributed by atoms with van der Waals surface area (Å²) in [5.41, 5.74) is 0.0820. The second kappa shape index (κ2) is 5.71. The van der Waals surface area contributed by atoms with E-state index in [1.807, 2.05) is 13.8 Å². The van der Waals surface area contributed by atoms with Gasteiger partial charge in [-0.2, -0.15) is 0 Å². The Morgan fingerprint density at radius 1 is 1.22 bits per heavy atom. The third-order valence-electron chi connectivity index (χ3n) is 3.34. The molecule has 2 N–H and O–H groups in total. The van der Waals surface area contributed by atoms with Crippen molar-refractivity contribution in [1.82, 2.24) is 0 Å². The molecule has 0 amide bonds. The van der Waals surface area contributed by atoms with E-state index in [1.165, 1.54) is 6.26 Å². The molecule has 0 aliphatic carbocycles. The molecule has 0 saturated carbocycles. The average molecular weight is 271 g/mol. The highest BCUT2D eigenvalue weighted by molar-refractivity contribution is 7.90. The van der Waals surface area contributed by atoms with Crippen molar-refractivity contribution in [2.45, 2.75) is 37.1 Å². The van der Waals surface area contributed by atoms with Crippen molar-refractivity contribution in [1.29, 1.82) is 0 Å². The summed E-state index contributed by atoms with van der Waals surface area (Å²) in [5.74, 6) is 0. The lowest BCUT2D eigenvalue weighted by molar-refractivity contribution is 0.202. The Bertz CT molecular complexity index is 484. The highest BCUT2D eigenvalue weighted by atomic mass is 32.2. The van der Waals surface area contributed by atoms with E-state index in [4.69, 9.17) is 0 Å². The lowest BCUT2D eigenvalue weighted by Gasteiger charge is -2.32. The van der Waals surface area contributed by atoms with Crippen molar-refractivity contribution in [2.24, 2.45) is 0 Å². The van der Waals surface area contributed by atoms with Crippen molar-refractivity contribution in [2.75, 3.05) is 18.2 Å². The molecule has 0 heterocycles. The van der Waals surface area contributed by atoms with Gasteiger partial charge >= 0.3 is 0 Å². The molecule has 0 saturated heterocycles. The topological polar surface area (TPSA) is 66.4 Å². The van der Waals surface area contributed by atoms with Crippen LogP contribution in [0.25, 0.3) is 0 Å². The van der Waals surface area contributed by atoms with Crippen LogP contribution in [0, 0.1) is 0 Å². The van der Waals surface area contributed by atoms with Gasteiger partial charge in [-0.05, 0) is 25.0 Å². The fraction of sp³-hybridized carbons (Fsp3) is 0.538. The van der Waals surface area contributed by atoms with Crippen LogP contribution in [-0.2, 0) is 9.84 Å². The molecule has 0 atom stereocenters. The Hall–Kier alpha value is -1.07. The number of nitrogens with one attached hydrogen (secondary N) is 1. The molecule has 0 fully saturated rings. The fourth-order valence-corrected chi connectivity index (χ4v) is 2.71. The summed E-state index contributed by atoms with van der Waals surface area (Å²) < 4.78 is 23.4. The predicted molar refractivity (Wildman–Crippen MR) is 73.6 cm³/mol. The molecule has 1 aromatic carbocycles. The molecule has 0 aliphatic heterocycles. The van der Waals surface area contributed by atoms with Gasteiger partial charge in [0.15, 0.2) is 9.84 Å². The third-order valence-corrected chi connectivity index (χ3v) is 4.50. The van der Waals surface area contributed by atoms with E-state index in [0.717, 1.165) is 12.8 Å². The van der Waals surface area contributed by atoms with Crippen LogP contribution in [0.2, 0.25) is 0 Å². The van der Waals surface area contributed by atoms with Gasteiger partial charge in [-0.25, -0.2) is 8.42 Å². The predicted octanol–water partition coefficient (Wildman–Crippen LogP) is 2.05. The lowest BCUT2D eigenvalue weighted by Crippen LogP contribution is -2.41. The number of para-hydroxylation sites is 1. The van der Waals surface area contributed by atoms with Gasteiger partial charge in [-0.1, -0.05) is 26.0 Å². The van der Waals surface area contributed by atoms with E-state index in [1.54, 1.807) is 24.3 Å². The maximum absolute atomic E-state index is 11.7. The molecule has 1 aromatic rings. The molecule has 0 radical (unpaired) electrons. The van der Waals surface area contributed by atoms with Crippen molar-refractivity contribution in [3.05, 3.63) is 24.3 Å². The number of anilines is 1. The van der Waals surface area contributed by atoms with Gasteiger partial charge in [-0.3, -0.25) is 0 Å². The number of aliphatic hydroxyl groups excluding tert-OH is 1. The smallest absolute Gasteiger partial charge is 0.177 e. The minimum Gasteiger partial charge on any atom is -0.394 e. The summed E-state index contributed by atoms with van der Waals surface area (Å²) in [7, 11) is -3.27. The Morgan fingerprint density at radius 2 is 1.78 bits per heavy atom. The standard InChI is InChI=1S/C13H21NO3S/c1-4-13(5-2,10-15)14-11-8-6-7-9-12(11)18(3,16)17/h6-9,14-15H,4-5,10H2,1-3H3. The first-order chi connectivity index (χ1) is 8.38. The van der Waals surface area contributed by atoms with Gasteiger partial charge in [0.1, 0.15) is 0 Å². The Balaban J connectivity index is 3.19. The van der Waals surface area contributed by atoms with E-state index in [9.17, 15) is 13.5 Å². The van der Waals surface area contributed by atoms with Crippen LogP contribution in [0.15, 0.2) is 29.2 Å². The van der Waals surface area contributed by atoms with Crippen molar-refractivity contribution >= 4 is 15.5 Å². The van der Waals surface area contributed by atoms with Gasteiger partial charge in [0.2, 0.25) is 0 Å². The summed E-state index contributed by atoms with van der Waals surface area (Å²) in [4.78, 5) is 0.268. The summed E-state index contributed by atoms with van der Waals surface area (Å²) in [6, 6.07) is 6.78. The zero-order valence-corrected chi connectivity index (χ0v) is 11.9. The number of benzene rings is 1. The van der Waals surface area contributed by atoms with E-state index in [-0.39, 0.29) is 11.5 Å². The maximum atomic E-state index is 11.7. The molecule has 0 aliphatic rings. The monoisotopic (exact) mass is 271 g/mol. The van der Waals surface area contributed by atoms with Crippen molar-refractivity contribution in [3.8, 4) is 0 Å². The molecule has 5 heteroatoms. The molecule has 0 spiro atoms. The van der Waals surface area contributed by atoms with Crippen molar-refractivity contribution in [3.63, 3.8) is 0 Å². The molecule has 102 valence electrons. The Labute approximate surface area is 109 Å². The quantitative estimate of drug-likeness (QED) is 0.831. The zero-order chi connectivity index (χ0) is 13.8. The zero-order valence-electron chi connectivity index (χ0n) is 11.1. The fourth-order valence-electron chi connectivity index (χ4n) is 1.87. The molecule has 4 nitrogen and oxygen atoms in total. The molecule has 0 bridgehead atoms. The number of aliphatic hydroxyl groups is 1. The minimum atomic E-state index is -3.27. The first kappa shape index (κ1) is 15.0. The van der Waals surface area contributed by atoms with E-state index < -0.39 is 15.4 Å². The number of sulfone groups is 1. The Morgan fingerprint density at radius 3 is 2.22 bits per heavy atom. The van der Waals surface area contributed by atoms with E-state index in [2.05, 4.69) is 5.32 Å². The van der Waals surface area contributed by atoms with Crippen LogP contribution < -0.4 is 5.32 Å². The van der Waals surface area contributed by atoms with Gasteiger partial charge in [0.05, 0.1) is 22.7 Å². The van der Waals surface area contributed by atoms with Crippen LogP contribution in [-0.4, -0.2) is 31.9 Å². The van der Waals surface area contributed by atoms with Crippen molar-refractivity contribution < 1.29 is 13.5 Å². The van der Waals surface area contributed by atoms with Gasteiger partial charge < -0.3 is 10.4 Å². The molecule has 18 heavy (non-hydrogen) atoms. The molecule has 1 rings (SSSR count). The summed E-state index contributed by atoms with van der Waals surface area (Å²) in [6.07, 6.45) is 2.63. The van der Waals surface area contributed by atoms with Crippen LogP contribution in [0.4, 0.5) is 5.69 Å². The molecule has 0 unspecified atom stereocenters. The summed E-state index contributed by atoms with van der Waals surface area (Å²) in [6.45, 7) is 3.91. The van der Waals surface area contributed by atoms with Gasteiger partial charge in [0, 0.05) is 6.26 Å². The average Bonchev–Trinajstić information content (AvgIpc) is 2.35. The van der Waals surface area contributed by atoms with Crippen LogP contribution >= 0.6 is 0 Å². The first-order valence-electron chi connectivity index (χ1n) is 6.06. The third kappa shape index (κ3) is 3.23. The molecule has 0 aromatic heterocycles. The number of hydrogen-bond donors (Lipinski definition) is 2. The normalized spacial score (nSPS) is 12.4. The first-order valence-corrected chi connectivity index (χ1v) is 7.96. The summed E-state index contributed by atoms with van der Waals surface area (Å²) >= 11 is 0.